The lowest BCUT2D eigenvalue weighted by molar-refractivity contribution is 0.0752. The van der Waals surface area contributed by atoms with Crippen molar-refractivity contribution in [1.82, 2.24) is 4.90 Å². The lowest BCUT2D eigenvalue weighted by atomic mass is 10.1. The number of halogens is 1. The fourth-order valence-electron chi connectivity index (χ4n) is 2.02. The van der Waals surface area contributed by atoms with Crippen molar-refractivity contribution in [3.63, 3.8) is 0 Å². The van der Waals surface area contributed by atoms with Crippen molar-refractivity contribution in [2.45, 2.75) is 13.5 Å². The third-order valence-corrected chi connectivity index (χ3v) is 3.88. The third-order valence-electron chi connectivity index (χ3n) is 3.19. The van der Waals surface area contributed by atoms with Gasteiger partial charge in [-0.2, -0.15) is 0 Å². The van der Waals surface area contributed by atoms with Crippen LogP contribution in [0, 0.1) is 0 Å². The summed E-state index contributed by atoms with van der Waals surface area (Å²) in [5.74, 6) is 0.00299. The SMILES string of the molecule is CCN(Cc1ccccc1N)C(=O)c1ccccc1Br. The van der Waals surface area contributed by atoms with E-state index in [-0.39, 0.29) is 5.91 Å². The number of anilines is 1. The Balaban J connectivity index is 2.23. The fraction of sp³-hybridized carbons (Fsp3) is 0.188. The molecule has 0 aliphatic heterocycles. The second-order valence-corrected chi connectivity index (χ2v) is 5.35. The number of carbonyl (C=O) groups excluding carboxylic acids is 1. The van der Waals surface area contributed by atoms with Crippen LogP contribution in [0.25, 0.3) is 0 Å². The molecule has 4 heteroatoms. The molecule has 0 atom stereocenters. The van der Waals surface area contributed by atoms with Crippen molar-refractivity contribution in [2.24, 2.45) is 0 Å². The van der Waals surface area contributed by atoms with Gasteiger partial charge in [-0.25, -0.2) is 0 Å². The standard InChI is InChI=1S/C16H17BrN2O/c1-2-19(11-12-7-3-6-10-15(12)18)16(20)13-8-4-5-9-14(13)17/h3-10H,2,11,18H2,1H3. The molecule has 0 radical (unpaired) electrons. The molecule has 2 aromatic carbocycles. The Morgan fingerprint density at radius 2 is 1.80 bits per heavy atom. The highest BCUT2D eigenvalue weighted by Crippen LogP contribution is 2.20. The first-order valence-corrected chi connectivity index (χ1v) is 7.30. The van der Waals surface area contributed by atoms with Crippen molar-refractivity contribution in [3.8, 4) is 0 Å². The predicted octanol–water partition coefficient (Wildman–Crippen LogP) is 3.69. The Labute approximate surface area is 127 Å². The maximum absolute atomic E-state index is 12.6. The van der Waals surface area contributed by atoms with Gasteiger partial charge in [-0.05, 0) is 46.6 Å². The average molecular weight is 333 g/mol. The lowest BCUT2D eigenvalue weighted by Gasteiger charge is -2.22. The first kappa shape index (κ1) is 14.6. The van der Waals surface area contributed by atoms with E-state index >= 15 is 0 Å². The molecule has 0 saturated carbocycles. The van der Waals surface area contributed by atoms with E-state index in [0.717, 1.165) is 10.0 Å². The summed E-state index contributed by atoms with van der Waals surface area (Å²) in [6.45, 7) is 3.12. The van der Waals surface area contributed by atoms with Crippen LogP contribution in [0.4, 0.5) is 5.69 Å². The number of carbonyl (C=O) groups is 1. The minimum atomic E-state index is 0.00299. The first-order chi connectivity index (χ1) is 9.63. The molecule has 0 fully saturated rings. The zero-order valence-corrected chi connectivity index (χ0v) is 12.9. The Morgan fingerprint density at radius 3 is 2.45 bits per heavy atom. The van der Waals surface area contributed by atoms with Crippen LogP contribution in [0.3, 0.4) is 0 Å². The number of hydrogen-bond acceptors (Lipinski definition) is 2. The van der Waals surface area contributed by atoms with E-state index in [0.29, 0.717) is 24.3 Å². The number of para-hydroxylation sites is 1. The highest BCUT2D eigenvalue weighted by molar-refractivity contribution is 9.10. The summed E-state index contributed by atoms with van der Waals surface area (Å²) in [7, 11) is 0. The highest BCUT2D eigenvalue weighted by atomic mass is 79.9. The summed E-state index contributed by atoms with van der Waals surface area (Å²) in [5.41, 5.74) is 8.30. The molecular weight excluding hydrogens is 316 g/mol. The van der Waals surface area contributed by atoms with Gasteiger partial charge < -0.3 is 10.6 Å². The summed E-state index contributed by atoms with van der Waals surface area (Å²) >= 11 is 3.42. The second-order valence-electron chi connectivity index (χ2n) is 4.50. The van der Waals surface area contributed by atoms with Crippen LogP contribution in [-0.4, -0.2) is 17.4 Å². The largest absolute Gasteiger partial charge is 0.398 e. The van der Waals surface area contributed by atoms with E-state index in [1.165, 1.54) is 0 Å². The van der Waals surface area contributed by atoms with Crippen LogP contribution in [0.1, 0.15) is 22.8 Å². The summed E-state index contributed by atoms with van der Waals surface area (Å²) in [4.78, 5) is 14.4. The van der Waals surface area contributed by atoms with Crippen LogP contribution in [0.5, 0.6) is 0 Å². The van der Waals surface area contributed by atoms with Crippen LogP contribution in [-0.2, 0) is 6.54 Å². The predicted molar refractivity (Wildman–Crippen MR) is 85.4 cm³/mol. The van der Waals surface area contributed by atoms with Crippen LogP contribution >= 0.6 is 15.9 Å². The van der Waals surface area contributed by atoms with Gasteiger partial charge in [-0.15, -0.1) is 0 Å². The smallest absolute Gasteiger partial charge is 0.255 e. The zero-order valence-electron chi connectivity index (χ0n) is 11.3. The number of benzene rings is 2. The lowest BCUT2D eigenvalue weighted by Crippen LogP contribution is -2.30. The fourth-order valence-corrected chi connectivity index (χ4v) is 2.47. The van der Waals surface area contributed by atoms with Crippen molar-refractivity contribution in [3.05, 3.63) is 64.1 Å². The number of hydrogen-bond donors (Lipinski definition) is 1. The highest BCUT2D eigenvalue weighted by Gasteiger charge is 2.17. The van der Waals surface area contributed by atoms with Gasteiger partial charge in [-0.3, -0.25) is 4.79 Å². The number of nitrogen functional groups attached to an aromatic ring is 1. The molecule has 2 N–H and O–H groups in total. The molecule has 0 aliphatic rings. The van der Waals surface area contributed by atoms with Crippen LogP contribution in [0.2, 0.25) is 0 Å². The quantitative estimate of drug-likeness (QED) is 0.868. The topological polar surface area (TPSA) is 46.3 Å². The molecule has 0 aliphatic carbocycles. The van der Waals surface area contributed by atoms with Gasteiger partial charge in [0, 0.05) is 23.2 Å². The average Bonchev–Trinajstić information content (AvgIpc) is 2.46. The van der Waals surface area contributed by atoms with Gasteiger partial charge >= 0.3 is 0 Å². The zero-order chi connectivity index (χ0) is 14.5. The number of nitrogens with two attached hydrogens (primary N) is 1. The number of nitrogens with zero attached hydrogens (tertiary/aromatic N) is 1. The van der Waals surface area contributed by atoms with Crippen molar-refractivity contribution in [1.29, 1.82) is 0 Å². The number of amides is 1. The molecule has 0 heterocycles. The number of rotatable bonds is 4. The van der Waals surface area contributed by atoms with Gasteiger partial charge in [0.25, 0.3) is 5.91 Å². The summed E-state index contributed by atoms with van der Waals surface area (Å²) < 4.78 is 0.810. The maximum Gasteiger partial charge on any atom is 0.255 e. The molecule has 104 valence electrons. The summed E-state index contributed by atoms with van der Waals surface area (Å²) in [6, 6.07) is 15.1. The molecular formula is C16H17BrN2O. The molecule has 2 aromatic rings. The van der Waals surface area contributed by atoms with E-state index in [4.69, 9.17) is 5.73 Å². The summed E-state index contributed by atoms with van der Waals surface area (Å²) in [5, 5.41) is 0. The Hall–Kier alpha value is -1.81. The molecule has 0 spiro atoms. The Bertz CT molecular complexity index is 613. The summed E-state index contributed by atoms with van der Waals surface area (Å²) in [6.07, 6.45) is 0. The van der Waals surface area contributed by atoms with E-state index in [1.807, 2.05) is 55.5 Å². The monoisotopic (exact) mass is 332 g/mol. The van der Waals surface area contributed by atoms with Crippen LogP contribution < -0.4 is 5.73 Å². The van der Waals surface area contributed by atoms with Gasteiger partial charge in [0.1, 0.15) is 0 Å². The molecule has 20 heavy (non-hydrogen) atoms. The molecule has 2 rings (SSSR count). The first-order valence-electron chi connectivity index (χ1n) is 6.50. The molecule has 0 aromatic heterocycles. The van der Waals surface area contributed by atoms with Crippen molar-refractivity contribution >= 4 is 27.5 Å². The third kappa shape index (κ3) is 3.20. The van der Waals surface area contributed by atoms with E-state index in [9.17, 15) is 4.79 Å². The molecule has 1 amide bonds. The molecule has 0 bridgehead atoms. The minimum absolute atomic E-state index is 0.00299. The van der Waals surface area contributed by atoms with E-state index in [1.54, 1.807) is 4.90 Å². The van der Waals surface area contributed by atoms with Gasteiger partial charge in [-0.1, -0.05) is 30.3 Å². The van der Waals surface area contributed by atoms with Gasteiger partial charge in [0.2, 0.25) is 0 Å². The second kappa shape index (κ2) is 6.57. The minimum Gasteiger partial charge on any atom is -0.398 e. The van der Waals surface area contributed by atoms with Crippen molar-refractivity contribution in [2.75, 3.05) is 12.3 Å². The van der Waals surface area contributed by atoms with Gasteiger partial charge in [0.05, 0.1) is 5.56 Å². The Morgan fingerprint density at radius 1 is 1.15 bits per heavy atom. The normalized spacial score (nSPS) is 10.3. The van der Waals surface area contributed by atoms with Gasteiger partial charge in [0.15, 0.2) is 0 Å². The van der Waals surface area contributed by atoms with E-state index in [2.05, 4.69) is 15.9 Å². The maximum atomic E-state index is 12.6. The Kier molecular flexibility index (Phi) is 4.79. The van der Waals surface area contributed by atoms with E-state index < -0.39 is 0 Å². The molecule has 0 unspecified atom stereocenters. The molecule has 3 nitrogen and oxygen atoms in total. The van der Waals surface area contributed by atoms with Crippen LogP contribution in [0.15, 0.2) is 53.0 Å². The van der Waals surface area contributed by atoms with Crippen molar-refractivity contribution < 1.29 is 4.79 Å². The molecule has 0 saturated heterocycles.